The molecule has 23 heavy (non-hydrogen) atoms. The van der Waals surface area contributed by atoms with Crippen LogP contribution in [-0.4, -0.2) is 18.9 Å². The fourth-order valence-corrected chi connectivity index (χ4v) is 2.66. The van der Waals surface area contributed by atoms with E-state index in [0.29, 0.717) is 25.0 Å². The van der Waals surface area contributed by atoms with Crippen LogP contribution in [-0.2, 0) is 4.84 Å². The summed E-state index contributed by atoms with van der Waals surface area (Å²) < 4.78 is 18.5. The Morgan fingerprint density at radius 3 is 2.57 bits per heavy atom. The number of para-hydroxylation sites is 1. The summed E-state index contributed by atoms with van der Waals surface area (Å²) in [6.45, 7) is 2.86. The number of oxime groups is 1. The van der Waals surface area contributed by atoms with Crippen molar-refractivity contribution in [2.75, 3.05) is 13.2 Å². The molecule has 1 saturated carbocycles. The van der Waals surface area contributed by atoms with Crippen molar-refractivity contribution in [3.8, 4) is 5.75 Å². The number of hydrogen-bond donors (Lipinski definition) is 0. The summed E-state index contributed by atoms with van der Waals surface area (Å²) in [5.41, 5.74) is 2.15. The second kappa shape index (κ2) is 7.27. The van der Waals surface area contributed by atoms with Crippen LogP contribution in [0.3, 0.4) is 0 Å². The van der Waals surface area contributed by atoms with Crippen LogP contribution in [0.2, 0.25) is 0 Å². The maximum atomic E-state index is 12.9. The molecule has 0 radical (unpaired) electrons. The minimum atomic E-state index is -0.196. The van der Waals surface area contributed by atoms with E-state index in [1.54, 1.807) is 0 Å². The predicted octanol–water partition coefficient (Wildman–Crippen LogP) is 4.40. The third-order valence-electron chi connectivity index (χ3n) is 4.02. The first kappa shape index (κ1) is 15.5. The van der Waals surface area contributed by atoms with Gasteiger partial charge in [0.15, 0.2) is 6.61 Å². The quantitative estimate of drug-likeness (QED) is 0.431. The zero-order chi connectivity index (χ0) is 16.1. The summed E-state index contributed by atoms with van der Waals surface area (Å²) in [4.78, 5) is 5.32. The number of rotatable bonds is 7. The van der Waals surface area contributed by atoms with E-state index >= 15 is 0 Å². The molecule has 2 aromatic carbocycles. The Morgan fingerprint density at radius 1 is 1.09 bits per heavy atom. The molecule has 3 rings (SSSR count). The molecular formula is C19H20FNO2. The lowest BCUT2D eigenvalue weighted by Crippen LogP contribution is -2.06. The van der Waals surface area contributed by atoms with Crippen LogP contribution < -0.4 is 4.74 Å². The number of nitrogens with zero attached hydrogens (tertiary/aromatic N) is 1. The van der Waals surface area contributed by atoms with Gasteiger partial charge in [-0.2, -0.15) is 0 Å². The SMILES string of the molecule is CC(=NOCCOc1ccccc1)[C@H]1C[C@H]1c1ccc(F)cc1. The van der Waals surface area contributed by atoms with E-state index in [2.05, 4.69) is 5.16 Å². The molecule has 0 saturated heterocycles. The molecule has 2 aromatic rings. The summed E-state index contributed by atoms with van der Waals surface area (Å²) in [6, 6.07) is 16.3. The lowest BCUT2D eigenvalue weighted by molar-refractivity contribution is 0.106. The molecule has 2 atom stereocenters. The molecule has 120 valence electrons. The first-order valence-electron chi connectivity index (χ1n) is 7.84. The Balaban J connectivity index is 1.40. The highest BCUT2D eigenvalue weighted by Gasteiger charge is 2.40. The van der Waals surface area contributed by atoms with Crippen molar-refractivity contribution in [2.24, 2.45) is 11.1 Å². The van der Waals surface area contributed by atoms with Crippen LogP contribution in [0.4, 0.5) is 4.39 Å². The molecule has 1 fully saturated rings. The average Bonchev–Trinajstić information content (AvgIpc) is 3.37. The van der Waals surface area contributed by atoms with Gasteiger partial charge in [0.05, 0.1) is 5.71 Å². The van der Waals surface area contributed by atoms with Crippen LogP contribution in [0.5, 0.6) is 5.75 Å². The number of halogens is 1. The van der Waals surface area contributed by atoms with Crippen molar-refractivity contribution in [2.45, 2.75) is 19.3 Å². The maximum absolute atomic E-state index is 12.9. The molecule has 0 spiro atoms. The van der Waals surface area contributed by atoms with Crippen LogP contribution in [0, 0.1) is 11.7 Å². The molecule has 0 aliphatic heterocycles. The lowest BCUT2D eigenvalue weighted by Gasteiger charge is -2.05. The fraction of sp³-hybridized carbons (Fsp3) is 0.316. The van der Waals surface area contributed by atoms with Gasteiger partial charge < -0.3 is 9.57 Å². The Hall–Kier alpha value is -2.36. The van der Waals surface area contributed by atoms with Crippen molar-refractivity contribution in [1.29, 1.82) is 0 Å². The molecule has 0 aromatic heterocycles. The summed E-state index contributed by atoms with van der Waals surface area (Å²) >= 11 is 0. The zero-order valence-corrected chi connectivity index (χ0v) is 13.1. The van der Waals surface area contributed by atoms with E-state index in [-0.39, 0.29) is 5.82 Å². The van der Waals surface area contributed by atoms with Crippen molar-refractivity contribution in [3.63, 3.8) is 0 Å². The van der Waals surface area contributed by atoms with E-state index in [0.717, 1.165) is 17.9 Å². The molecule has 0 unspecified atom stereocenters. The summed E-state index contributed by atoms with van der Waals surface area (Å²) in [6.07, 6.45) is 1.05. The molecule has 0 heterocycles. The molecule has 0 bridgehead atoms. The predicted molar refractivity (Wildman–Crippen MR) is 88.2 cm³/mol. The van der Waals surface area contributed by atoms with Crippen LogP contribution in [0.1, 0.15) is 24.8 Å². The monoisotopic (exact) mass is 313 g/mol. The Morgan fingerprint density at radius 2 is 1.83 bits per heavy atom. The van der Waals surface area contributed by atoms with Gasteiger partial charge >= 0.3 is 0 Å². The van der Waals surface area contributed by atoms with Crippen molar-refractivity contribution in [1.82, 2.24) is 0 Å². The fourth-order valence-electron chi connectivity index (χ4n) is 2.66. The van der Waals surface area contributed by atoms with E-state index in [9.17, 15) is 4.39 Å². The summed E-state index contributed by atoms with van der Waals surface area (Å²) in [7, 11) is 0. The molecular weight excluding hydrogens is 293 g/mol. The van der Waals surface area contributed by atoms with Crippen LogP contribution in [0.25, 0.3) is 0 Å². The number of benzene rings is 2. The van der Waals surface area contributed by atoms with Gasteiger partial charge in [-0.25, -0.2) is 4.39 Å². The van der Waals surface area contributed by atoms with Gasteiger partial charge in [0.1, 0.15) is 18.2 Å². The summed E-state index contributed by atoms with van der Waals surface area (Å²) in [5, 5.41) is 4.17. The normalized spacial score (nSPS) is 20.2. The van der Waals surface area contributed by atoms with Crippen molar-refractivity contribution in [3.05, 3.63) is 66.0 Å². The van der Waals surface area contributed by atoms with E-state index < -0.39 is 0 Å². The van der Waals surface area contributed by atoms with Gasteiger partial charge in [-0.3, -0.25) is 0 Å². The molecule has 3 nitrogen and oxygen atoms in total. The van der Waals surface area contributed by atoms with Gasteiger partial charge in [-0.1, -0.05) is 35.5 Å². The van der Waals surface area contributed by atoms with Crippen molar-refractivity contribution >= 4 is 5.71 Å². The molecule has 1 aliphatic carbocycles. The van der Waals surface area contributed by atoms with Gasteiger partial charge in [0, 0.05) is 5.92 Å². The van der Waals surface area contributed by atoms with Gasteiger partial charge in [0.25, 0.3) is 0 Å². The van der Waals surface area contributed by atoms with Gasteiger partial charge in [-0.05, 0) is 49.1 Å². The topological polar surface area (TPSA) is 30.8 Å². The largest absolute Gasteiger partial charge is 0.490 e. The molecule has 0 amide bonds. The first-order valence-corrected chi connectivity index (χ1v) is 7.84. The highest BCUT2D eigenvalue weighted by atomic mass is 19.1. The third-order valence-corrected chi connectivity index (χ3v) is 4.02. The minimum absolute atomic E-state index is 0.196. The number of hydrogen-bond acceptors (Lipinski definition) is 3. The Kier molecular flexibility index (Phi) is 4.91. The first-order chi connectivity index (χ1) is 11.2. The average molecular weight is 313 g/mol. The minimum Gasteiger partial charge on any atom is -0.490 e. The van der Waals surface area contributed by atoms with E-state index in [1.807, 2.05) is 49.4 Å². The maximum Gasteiger partial charge on any atom is 0.151 e. The third kappa shape index (κ3) is 4.31. The smallest absolute Gasteiger partial charge is 0.151 e. The van der Waals surface area contributed by atoms with Gasteiger partial charge in [-0.15, -0.1) is 0 Å². The molecule has 4 heteroatoms. The lowest BCUT2D eigenvalue weighted by atomic mass is 10.1. The number of ether oxygens (including phenoxy) is 1. The summed E-state index contributed by atoms with van der Waals surface area (Å²) in [5.74, 6) is 1.47. The Bertz CT molecular complexity index is 655. The molecule has 1 aliphatic rings. The van der Waals surface area contributed by atoms with Crippen LogP contribution >= 0.6 is 0 Å². The standard InChI is InChI=1S/C19H20FNO2/c1-14(18-13-19(18)15-7-9-16(20)10-8-15)21-23-12-11-22-17-5-3-2-4-6-17/h2-10,18-19H,11-13H2,1H3/t18-,19+/m1/s1. The highest BCUT2D eigenvalue weighted by molar-refractivity contribution is 5.87. The molecule has 0 N–H and O–H groups in total. The second-order valence-corrected chi connectivity index (χ2v) is 5.73. The Labute approximate surface area is 135 Å². The van der Waals surface area contributed by atoms with Gasteiger partial charge in [0.2, 0.25) is 0 Å². The zero-order valence-electron chi connectivity index (χ0n) is 13.1. The van der Waals surface area contributed by atoms with Crippen LogP contribution in [0.15, 0.2) is 59.8 Å². The second-order valence-electron chi connectivity index (χ2n) is 5.73. The van der Waals surface area contributed by atoms with E-state index in [4.69, 9.17) is 9.57 Å². The van der Waals surface area contributed by atoms with Crippen molar-refractivity contribution < 1.29 is 14.0 Å². The van der Waals surface area contributed by atoms with E-state index in [1.165, 1.54) is 17.7 Å². The highest BCUT2D eigenvalue weighted by Crippen LogP contribution is 2.48.